The van der Waals surface area contributed by atoms with Gasteiger partial charge in [-0.3, -0.25) is 0 Å². The van der Waals surface area contributed by atoms with E-state index in [1.165, 1.54) is 5.39 Å². The third kappa shape index (κ3) is 3.92. The minimum absolute atomic E-state index is 0.608. The first-order valence-corrected chi connectivity index (χ1v) is 15.3. The predicted molar refractivity (Wildman–Crippen MR) is 186 cm³/mol. The third-order valence-electron chi connectivity index (χ3n) is 8.87. The molecule has 0 radical (unpaired) electrons. The zero-order chi connectivity index (χ0) is 30.2. The van der Waals surface area contributed by atoms with Crippen molar-refractivity contribution in [2.45, 2.75) is 0 Å². The molecule has 46 heavy (non-hydrogen) atoms. The zero-order valence-electron chi connectivity index (χ0n) is 24.4. The highest BCUT2D eigenvalue weighted by atomic mass is 16.3. The standard InChI is InChI=1S/C41H23N3O2/c1-2-8-25-19-27(15-13-24(25)7-1)39-42-40(44-41(43-39)29-17-18-37-33(21-29)31-9-3-5-11-35(31)45-37)28-16-14-26-23-38-34(22-30(26)20-28)32-10-4-6-12-36(32)46-38/h1-23H. The van der Waals surface area contributed by atoms with Crippen LogP contribution in [-0.4, -0.2) is 15.0 Å². The fraction of sp³-hybridized carbons (Fsp3) is 0. The van der Waals surface area contributed by atoms with Gasteiger partial charge in [-0.15, -0.1) is 0 Å². The normalized spacial score (nSPS) is 11.9. The summed E-state index contributed by atoms with van der Waals surface area (Å²) in [5.41, 5.74) is 6.21. The first-order valence-electron chi connectivity index (χ1n) is 15.3. The number of hydrogen-bond acceptors (Lipinski definition) is 5. The topological polar surface area (TPSA) is 65.0 Å². The second-order valence-electron chi connectivity index (χ2n) is 11.7. The van der Waals surface area contributed by atoms with Crippen LogP contribution in [0.4, 0.5) is 0 Å². The summed E-state index contributed by atoms with van der Waals surface area (Å²) >= 11 is 0. The molecule has 10 aromatic rings. The van der Waals surface area contributed by atoms with Crippen molar-refractivity contribution in [1.82, 2.24) is 15.0 Å². The minimum atomic E-state index is 0.608. The van der Waals surface area contributed by atoms with Gasteiger partial charge in [0.1, 0.15) is 22.3 Å². The monoisotopic (exact) mass is 589 g/mol. The van der Waals surface area contributed by atoms with Crippen molar-refractivity contribution < 1.29 is 8.83 Å². The van der Waals surface area contributed by atoms with Crippen LogP contribution in [0.1, 0.15) is 0 Å². The molecule has 0 N–H and O–H groups in total. The molecule has 0 unspecified atom stereocenters. The van der Waals surface area contributed by atoms with E-state index in [-0.39, 0.29) is 0 Å². The van der Waals surface area contributed by atoms with Crippen molar-refractivity contribution in [3.8, 4) is 34.2 Å². The molecule has 10 rings (SSSR count). The number of para-hydroxylation sites is 2. The maximum absolute atomic E-state index is 6.15. The van der Waals surface area contributed by atoms with E-state index in [4.69, 9.17) is 23.8 Å². The van der Waals surface area contributed by atoms with Gasteiger partial charge in [0.2, 0.25) is 0 Å². The molecule has 214 valence electrons. The van der Waals surface area contributed by atoms with E-state index in [1.807, 2.05) is 48.5 Å². The second-order valence-corrected chi connectivity index (χ2v) is 11.7. The number of aromatic nitrogens is 3. The van der Waals surface area contributed by atoms with E-state index in [0.29, 0.717) is 17.5 Å². The van der Waals surface area contributed by atoms with Crippen molar-refractivity contribution in [2.24, 2.45) is 0 Å². The largest absolute Gasteiger partial charge is 0.456 e. The average Bonchev–Trinajstić information content (AvgIpc) is 3.67. The van der Waals surface area contributed by atoms with Crippen LogP contribution in [0.3, 0.4) is 0 Å². The second kappa shape index (κ2) is 9.58. The Kier molecular flexibility index (Phi) is 5.22. The summed E-state index contributed by atoms with van der Waals surface area (Å²) in [4.78, 5) is 15.2. The molecule has 0 aliphatic heterocycles. The average molecular weight is 590 g/mol. The first-order chi connectivity index (χ1) is 22.7. The predicted octanol–water partition coefficient (Wildman–Crippen LogP) is 11.0. The molecule has 5 heteroatoms. The van der Waals surface area contributed by atoms with Crippen molar-refractivity contribution in [3.63, 3.8) is 0 Å². The highest BCUT2D eigenvalue weighted by Crippen LogP contribution is 2.35. The van der Waals surface area contributed by atoms with Crippen LogP contribution >= 0.6 is 0 Å². The van der Waals surface area contributed by atoms with E-state index in [2.05, 4.69) is 91.0 Å². The Morgan fingerprint density at radius 1 is 0.304 bits per heavy atom. The van der Waals surface area contributed by atoms with E-state index >= 15 is 0 Å². The van der Waals surface area contributed by atoms with Gasteiger partial charge in [-0.25, -0.2) is 15.0 Å². The molecule has 0 bridgehead atoms. The molecule has 0 saturated carbocycles. The Labute approximate surface area is 262 Å². The van der Waals surface area contributed by atoms with Gasteiger partial charge in [0.25, 0.3) is 0 Å². The van der Waals surface area contributed by atoms with Gasteiger partial charge in [-0.05, 0) is 76.1 Å². The lowest BCUT2D eigenvalue weighted by molar-refractivity contribution is 0.669. The van der Waals surface area contributed by atoms with Crippen LogP contribution in [0.2, 0.25) is 0 Å². The number of fused-ring (bicyclic) bond motifs is 8. The molecule has 3 heterocycles. The van der Waals surface area contributed by atoms with Gasteiger partial charge in [-0.2, -0.15) is 0 Å². The number of rotatable bonds is 3. The molecule has 0 amide bonds. The summed E-state index contributed by atoms with van der Waals surface area (Å²) in [7, 11) is 0. The summed E-state index contributed by atoms with van der Waals surface area (Å²) in [5, 5.41) is 8.79. The van der Waals surface area contributed by atoms with Gasteiger partial charge < -0.3 is 8.83 Å². The number of hydrogen-bond donors (Lipinski definition) is 0. The van der Waals surface area contributed by atoms with Crippen LogP contribution in [0, 0.1) is 0 Å². The third-order valence-corrected chi connectivity index (χ3v) is 8.87. The van der Waals surface area contributed by atoms with Crippen LogP contribution in [0.25, 0.3) is 99.6 Å². The Balaban J connectivity index is 1.18. The molecule has 0 fully saturated rings. The van der Waals surface area contributed by atoms with Crippen LogP contribution in [0.5, 0.6) is 0 Å². The molecule has 3 aromatic heterocycles. The Hall–Kier alpha value is -6.33. The SMILES string of the molecule is c1ccc2cc(-c3nc(-c4ccc5cc6oc7ccccc7c6cc5c4)nc(-c4ccc5oc6ccccc6c5c4)n3)ccc2c1. The summed E-state index contributed by atoms with van der Waals surface area (Å²) in [6, 6.07) is 47.7. The fourth-order valence-electron chi connectivity index (χ4n) is 6.56. The smallest absolute Gasteiger partial charge is 0.164 e. The molecule has 0 atom stereocenters. The van der Waals surface area contributed by atoms with Gasteiger partial charge in [0, 0.05) is 38.2 Å². The molecular formula is C41H23N3O2. The van der Waals surface area contributed by atoms with E-state index in [9.17, 15) is 0 Å². The number of nitrogens with zero attached hydrogens (tertiary/aromatic N) is 3. The Morgan fingerprint density at radius 2 is 0.783 bits per heavy atom. The fourth-order valence-corrected chi connectivity index (χ4v) is 6.56. The number of benzene rings is 7. The summed E-state index contributed by atoms with van der Waals surface area (Å²) in [6.07, 6.45) is 0. The van der Waals surface area contributed by atoms with Crippen LogP contribution < -0.4 is 0 Å². The van der Waals surface area contributed by atoms with Gasteiger partial charge >= 0.3 is 0 Å². The molecule has 0 saturated heterocycles. The maximum atomic E-state index is 6.15. The lowest BCUT2D eigenvalue weighted by atomic mass is 10.0. The zero-order valence-corrected chi connectivity index (χ0v) is 24.4. The Bertz CT molecular complexity index is 2830. The lowest BCUT2D eigenvalue weighted by Gasteiger charge is -2.10. The molecule has 7 aromatic carbocycles. The van der Waals surface area contributed by atoms with Crippen LogP contribution in [-0.2, 0) is 0 Å². The highest BCUT2D eigenvalue weighted by molar-refractivity contribution is 6.10. The van der Waals surface area contributed by atoms with E-state index < -0.39 is 0 Å². The van der Waals surface area contributed by atoms with Crippen molar-refractivity contribution >= 4 is 65.4 Å². The molecule has 0 aliphatic rings. The van der Waals surface area contributed by atoms with Gasteiger partial charge in [0.15, 0.2) is 17.5 Å². The van der Waals surface area contributed by atoms with Gasteiger partial charge in [0.05, 0.1) is 0 Å². The minimum Gasteiger partial charge on any atom is -0.456 e. The number of furan rings is 2. The van der Waals surface area contributed by atoms with Crippen LogP contribution in [0.15, 0.2) is 148 Å². The van der Waals surface area contributed by atoms with E-state index in [0.717, 1.165) is 76.7 Å². The molecule has 0 spiro atoms. The lowest BCUT2D eigenvalue weighted by Crippen LogP contribution is -2.00. The Morgan fingerprint density at radius 3 is 1.50 bits per heavy atom. The van der Waals surface area contributed by atoms with Crippen molar-refractivity contribution in [1.29, 1.82) is 0 Å². The van der Waals surface area contributed by atoms with Crippen molar-refractivity contribution in [3.05, 3.63) is 140 Å². The highest BCUT2D eigenvalue weighted by Gasteiger charge is 2.16. The summed E-state index contributed by atoms with van der Waals surface area (Å²) in [6.45, 7) is 0. The molecule has 0 aliphatic carbocycles. The van der Waals surface area contributed by atoms with E-state index in [1.54, 1.807) is 0 Å². The first kappa shape index (κ1) is 25.0. The summed E-state index contributed by atoms with van der Waals surface area (Å²) < 4.78 is 12.2. The van der Waals surface area contributed by atoms with Crippen molar-refractivity contribution in [2.75, 3.05) is 0 Å². The maximum Gasteiger partial charge on any atom is 0.164 e. The summed E-state index contributed by atoms with van der Waals surface area (Å²) in [5.74, 6) is 1.85. The molecule has 5 nitrogen and oxygen atoms in total. The van der Waals surface area contributed by atoms with Gasteiger partial charge in [-0.1, -0.05) is 84.9 Å². The molecular weight excluding hydrogens is 566 g/mol. The quantitative estimate of drug-likeness (QED) is 0.205.